The van der Waals surface area contributed by atoms with Crippen molar-refractivity contribution in [2.45, 2.75) is 20.3 Å². The number of rotatable bonds is 2. The van der Waals surface area contributed by atoms with Gasteiger partial charge >= 0.3 is 0 Å². The third-order valence-corrected chi connectivity index (χ3v) is 2.86. The van der Waals surface area contributed by atoms with Crippen molar-refractivity contribution in [1.29, 1.82) is 0 Å². The van der Waals surface area contributed by atoms with Gasteiger partial charge < -0.3 is 5.43 Å². The van der Waals surface area contributed by atoms with Crippen molar-refractivity contribution in [1.82, 2.24) is 4.98 Å². The Morgan fingerprint density at radius 2 is 1.94 bits per heavy atom. The highest BCUT2D eigenvalue weighted by atomic mass is 19.1. The summed E-state index contributed by atoms with van der Waals surface area (Å²) in [5.74, 6) is 4.31. The van der Waals surface area contributed by atoms with Gasteiger partial charge in [-0.25, -0.2) is 13.8 Å². The van der Waals surface area contributed by atoms with Gasteiger partial charge in [0.05, 0.1) is 11.1 Å². The molecule has 1 aromatic heterocycles. The monoisotopic (exact) mass is 237 g/mol. The van der Waals surface area contributed by atoms with Gasteiger partial charge in [0.25, 0.3) is 0 Å². The number of benzene rings is 1. The molecule has 1 aromatic carbocycles. The Morgan fingerprint density at radius 3 is 2.53 bits per heavy atom. The van der Waals surface area contributed by atoms with E-state index in [0.717, 1.165) is 17.7 Å². The molecule has 3 N–H and O–H groups in total. The van der Waals surface area contributed by atoms with Crippen LogP contribution in [0.1, 0.15) is 18.2 Å². The van der Waals surface area contributed by atoms with Crippen molar-refractivity contribution in [2.75, 3.05) is 5.43 Å². The smallest absolute Gasteiger partial charge is 0.149 e. The molecule has 0 aliphatic rings. The standard InChI is InChI=1S/C12H13F2N3/c1-3-9-6(2)11(17-15)10-7(13)4-5-8(14)12(10)16-9/h4-5H,3,15H2,1-2H3,(H,16,17). The molecule has 90 valence electrons. The van der Waals surface area contributed by atoms with Crippen molar-refractivity contribution in [3.63, 3.8) is 0 Å². The number of halogens is 2. The average molecular weight is 237 g/mol. The van der Waals surface area contributed by atoms with Gasteiger partial charge in [-0.2, -0.15) is 0 Å². The van der Waals surface area contributed by atoms with Crippen LogP contribution >= 0.6 is 0 Å². The summed E-state index contributed by atoms with van der Waals surface area (Å²) in [6.07, 6.45) is 0.631. The number of nitrogens with one attached hydrogen (secondary N) is 1. The lowest BCUT2D eigenvalue weighted by molar-refractivity contribution is 0.615. The first kappa shape index (κ1) is 11.7. The normalized spacial score (nSPS) is 10.9. The van der Waals surface area contributed by atoms with E-state index >= 15 is 0 Å². The molecule has 0 aliphatic carbocycles. The second-order valence-electron chi connectivity index (χ2n) is 3.81. The van der Waals surface area contributed by atoms with E-state index in [0.29, 0.717) is 17.8 Å². The minimum atomic E-state index is -0.549. The van der Waals surface area contributed by atoms with Crippen LogP contribution in [0.25, 0.3) is 10.9 Å². The van der Waals surface area contributed by atoms with Crippen molar-refractivity contribution in [3.05, 3.63) is 35.0 Å². The van der Waals surface area contributed by atoms with Crippen molar-refractivity contribution < 1.29 is 8.78 Å². The van der Waals surface area contributed by atoms with E-state index in [1.807, 2.05) is 6.92 Å². The number of pyridine rings is 1. The van der Waals surface area contributed by atoms with Gasteiger partial charge in [-0.1, -0.05) is 6.92 Å². The van der Waals surface area contributed by atoms with Crippen LogP contribution in [0.15, 0.2) is 12.1 Å². The molecular formula is C12H13F2N3. The zero-order valence-corrected chi connectivity index (χ0v) is 9.64. The quantitative estimate of drug-likeness (QED) is 0.623. The summed E-state index contributed by atoms with van der Waals surface area (Å²) in [7, 11) is 0. The SMILES string of the molecule is CCc1nc2c(F)ccc(F)c2c(NN)c1C. The fourth-order valence-corrected chi connectivity index (χ4v) is 1.96. The van der Waals surface area contributed by atoms with E-state index < -0.39 is 11.6 Å². The highest BCUT2D eigenvalue weighted by Crippen LogP contribution is 2.31. The topological polar surface area (TPSA) is 50.9 Å². The summed E-state index contributed by atoms with van der Waals surface area (Å²) in [6.45, 7) is 3.68. The van der Waals surface area contributed by atoms with Gasteiger partial charge in [0, 0.05) is 5.69 Å². The van der Waals surface area contributed by atoms with Gasteiger partial charge in [-0.05, 0) is 31.0 Å². The first-order chi connectivity index (χ1) is 8.10. The van der Waals surface area contributed by atoms with Gasteiger partial charge in [0.2, 0.25) is 0 Å². The molecule has 0 radical (unpaired) electrons. The van der Waals surface area contributed by atoms with Crippen LogP contribution in [-0.2, 0) is 6.42 Å². The number of aryl methyl sites for hydroxylation is 1. The molecule has 17 heavy (non-hydrogen) atoms. The molecule has 1 heterocycles. The van der Waals surface area contributed by atoms with Crippen molar-refractivity contribution >= 4 is 16.6 Å². The summed E-state index contributed by atoms with van der Waals surface area (Å²) in [6, 6.07) is 2.14. The summed E-state index contributed by atoms with van der Waals surface area (Å²) >= 11 is 0. The molecular weight excluding hydrogens is 224 g/mol. The third-order valence-electron chi connectivity index (χ3n) is 2.86. The second-order valence-corrected chi connectivity index (χ2v) is 3.81. The van der Waals surface area contributed by atoms with E-state index in [2.05, 4.69) is 10.4 Å². The molecule has 0 fully saturated rings. The van der Waals surface area contributed by atoms with E-state index in [1.54, 1.807) is 6.92 Å². The molecule has 0 spiro atoms. The number of hydrogen-bond acceptors (Lipinski definition) is 3. The lowest BCUT2D eigenvalue weighted by atomic mass is 10.0. The molecule has 2 rings (SSSR count). The highest BCUT2D eigenvalue weighted by molar-refractivity contribution is 5.94. The zero-order chi connectivity index (χ0) is 12.6. The molecule has 0 atom stereocenters. The number of anilines is 1. The molecule has 0 amide bonds. The Morgan fingerprint density at radius 1 is 1.29 bits per heavy atom. The maximum absolute atomic E-state index is 13.7. The van der Waals surface area contributed by atoms with E-state index in [9.17, 15) is 8.78 Å². The lowest BCUT2D eigenvalue weighted by Gasteiger charge is -2.13. The van der Waals surface area contributed by atoms with E-state index in [4.69, 9.17) is 5.84 Å². The van der Waals surface area contributed by atoms with Crippen molar-refractivity contribution in [3.8, 4) is 0 Å². The van der Waals surface area contributed by atoms with Gasteiger partial charge in [-0.3, -0.25) is 5.84 Å². The Hall–Kier alpha value is -1.75. The van der Waals surface area contributed by atoms with Gasteiger partial charge in [0.1, 0.15) is 17.2 Å². The second kappa shape index (κ2) is 4.25. The highest BCUT2D eigenvalue weighted by Gasteiger charge is 2.16. The minimum Gasteiger partial charge on any atom is -0.323 e. The van der Waals surface area contributed by atoms with Crippen LogP contribution in [0.4, 0.5) is 14.5 Å². The van der Waals surface area contributed by atoms with E-state index in [-0.39, 0.29) is 10.9 Å². The number of nitrogens with two attached hydrogens (primary N) is 1. The summed E-state index contributed by atoms with van der Waals surface area (Å²) < 4.78 is 27.4. The maximum Gasteiger partial charge on any atom is 0.149 e. The number of nitrogens with zero attached hydrogens (tertiary/aromatic N) is 1. The van der Waals surface area contributed by atoms with Crippen LogP contribution < -0.4 is 11.3 Å². The molecule has 5 heteroatoms. The number of nitrogen functional groups attached to an aromatic ring is 1. The van der Waals surface area contributed by atoms with Crippen LogP contribution in [-0.4, -0.2) is 4.98 Å². The Kier molecular flexibility index (Phi) is 2.93. The van der Waals surface area contributed by atoms with Crippen LogP contribution in [0.3, 0.4) is 0 Å². The fourth-order valence-electron chi connectivity index (χ4n) is 1.96. The number of hydrazine groups is 1. The molecule has 0 bridgehead atoms. The lowest BCUT2D eigenvalue weighted by Crippen LogP contribution is -2.12. The first-order valence-electron chi connectivity index (χ1n) is 5.34. The molecule has 0 saturated carbocycles. The van der Waals surface area contributed by atoms with Gasteiger partial charge in [0.15, 0.2) is 0 Å². The van der Waals surface area contributed by atoms with Crippen LogP contribution in [0.5, 0.6) is 0 Å². The van der Waals surface area contributed by atoms with Crippen molar-refractivity contribution in [2.24, 2.45) is 5.84 Å². The fraction of sp³-hybridized carbons (Fsp3) is 0.250. The molecule has 0 unspecified atom stereocenters. The molecule has 0 aliphatic heterocycles. The molecule has 3 nitrogen and oxygen atoms in total. The predicted molar refractivity (Wildman–Crippen MR) is 63.6 cm³/mol. The largest absolute Gasteiger partial charge is 0.323 e. The van der Waals surface area contributed by atoms with E-state index in [1.165, 1.54) is 0 Å². The number of aromatic nitrogens is 1. The first-order valence-corrected chi connectivity index (χ1v) is 5.34. The maximum atomic E-state index is 13.7. The number of hydrogen-bond donors (Lipinski definition) is 2. The molecule has 2 aromatic rings. The average Bonchev–Trinajstić information content (AvgIpc) is 2.33. The van der Waals surface area contributed by atoms with Gasteiger partial charge in [-0.15, -0.1) is 0 Å². The molecule has 0 saturated heterocycles. The van der Waals surface area contributed by atoms with Crippen LogP contribution in [0.2, 0.25) is 0 Å². The summed E-state index contributed by atoms with van der Waals surface area (Å²) in [4.78, 5) is 4.15. The number of fused-ring (bicyclic) bond motifs is 1. The van der Waals surface area contributed by atoms with Crippen LogP contribution in [0, 0.1) is 18.6 Å². The third kappa shape index (κ3) is 1.72. The Bertz CT molecular complexity index is 582. The zero-order valence-electron chi connectivity index (χ0n) is 9.64. The Balaban J connectivity index is 2.97. The summed E-state index contributed by atoms with van der Waals surface area (Å²) in [5, 5.41) is 0.0993. The summed E-state index contributed by atoms with van der Waals surface area (Å²) in [5.41, 5.74) is 4.29. The minimum absolute atomic E-state index is 0.0143. The Labute approximate surface area is 97.6 Å². The predicted octanol–water partition coefficient (Wildman–Crippen LogP) is 2.67.